The summed E-state index contributed by atoms with van der Waals surface area (Å²) >= 11 is 0. The third-order valence-electron chi connectivity index (χ3n) is 2.82. The second-order valence-electron chi connectivity index (χ2n) is 4.38. The molecule has 0 aliphatic carbocycles. The summed E-state index contributed by atoms with van der Waals surface area (Å²) in [5.74, 6) is 1.60. The highest BCUT2D eigenvalue weighted by molar-refractivity contribution is 5.73. The molecular weight excluding hydrogens is 256 g/mol. The Morgan fingerprint density at radius 3 is 3.00 bits per heavy atom. The van der Waals surface area contributed by atoms with E-state index in [2.05, 4.69) is 25.4 Å². The molecule has 0 saturated carbocycles. The summed E-state index contributed by atoms with van der Waals surface area (Å²) in [7, 11) is 0. The van der Waals surface area contributed by atoms with E-state index in [4.69, 9.17) is 10.3 Å². The largest absolute Gasteiger partial charge is 0.383 e. The van der Waals surface area contributed by atoms with Crippen LogP contribution in [0.1, 0.15) is 11.5 Å². The maximum absolute atomic E-state index is 5.94. The second-order valence-corrected chi connectivity index (χ2v) is 4.38. The Labute approximate surface area is 115 Å². The van der Waals surface area contributed by atoms with Crippen LogP contribution in [0, 0.1) is 6.92 Å². The minimum Gasteiger partial charge on any atom is -0.383 e. The van der Waals surface area contributed by atoms with E-state index in [-0.39, 0.29) is 0 Å². The minimum absolute atomic E-state index is 0.427. The molecule has 20 heavy (non-hydrogen) atoms. The summed E-state index contributed by atoms with van der Waals surface area (Å²) in [6.45, 7) is 2.33. The van der Waals surface area contributed by atoms with Gasteiger partial charge in [0.25, 0.3) is 0 Å². The Balaban J connectivity index is 1.74. The predicted molar refractivity (Wildman–Crippen MR) is 74.8 cm³/mol. The highest BCUT2D eigenvalue weighted by Crippen LogP contribution is 2.23. The molecule has 0 aliphatic rings. The molecule has 0 saturated heterocycles. The van der Waals surface area contributed by atoms with Crippen LogP contribution in [0.15, 0.2) is 35.2 Å². The van der Waals surface area contributed by atoms with Gasteiger partial charge in [-0.3, -0.25) is 0 Å². The van der Waals surface area contributed by atoms with Gasteiger partial charge < -0.3 is 20.6 Å². The average Bonchev–Trinajstić information content (AvgIpc) is 3.08. The summed E-state index contributed by atoms with van der Waals surface area (Å²) in [5.41, 5.74) is 8.54. The molecule has 0 amide bonds. The van der Waals surface area contributed by atoms with Crippen molar-refractivity contribution >= 4 is 11.8 Å². The van der Waals surface area contributed by atoms with Gasteiger partial charge in [0.15, 0.2) is 5.76 Å². The van der Waals surface area contributed by atoms with Gasteiger partial charge in [0, 0.05) is 35.8 Å². The molecule has 0 fully saturated rings. The van der Waals surface area contributed by atoms with E-state index in [0.29, 0.717) is 18.3 Å². The van der Waals surface area contributed by atoms with Crippen LogP contribution < -0.4 is 11.1 Å². The molecule has 0 atom stereocenters. The van der Waals surface area contributed by atoms with Crippen molar-refractivity contribution in [3.8, 4) is 11.1 Å². The van der Waals surface area contributed by atoms with Gasteiger partial charge in [-0.25, -0.2) is 4.98 Å². The molecule has 0 aromatic carbocycles. The number of aromatic nitrogens is 4. The number of nitrogen functional groups attached to an aromatic ring is 1. The van der Waals surface area contributed by atoms with Crippen LogP contribution in [0.4, 0.5) is 11.8 Å². The standard InChI is InChI=1S/C13H14N6O/c1-8-4-10(20-19-8)6-16-13-17-7-11(12(14)18-13)9-2-3-15-5-9/h2-5,7,15H,6H2,1H3,(H3,14,16,17,18). The summed E-state index contributed by atoms with van der Waals surface area (Å²) in [6, 6.07) is 3.77. The Kier molecular flexibility index (Phi) is 3.08. The average molecular weight is 270 g/mol. The number of nitrogens with one attached hydrogen (secondary N) is 2. The number of nitrogens with zero attached hydrogens (tertiary/aromatic N) is 3. The fraction of sp³-hybridized carbons (Fsp3) is 0.154. The van der Waals surface area contributed by atoms with Crippen LogP contribution in [-0.4, -0.2) is 20.1 Å². The summed E-state index contributed by atoms with van der Waals surface area (Å²) in [6.07, 6.45) is 5.37. The van der Waals surface area contributed by atoms with Crippen molar-refractivity contribution in [2.24, 2.45) is 0 Å². The number of hydrogen-bond donors (Lipinski definition) is 3. The lowest BCUT2D eigenvalue weighted by atomic mass is 10.2. The van der Waals surface area contributed by atoms with Crippen molar-refractivity contribution in [1.29, 1.82) is 0 Å². The molecule has 0 unspecified atom stereocenters. The molecule has 3 aromatic heterocycles. The second kappa shape index (κ2) is 5.04. The van der Waals surface area contributed by atoms with E-state index in [0.717, 1.165) is 22.6 Å². The fourth-order valence-corrected chi connectivity index (χ4v) is 1.86. The number of aromatic amines is 1. The monoisotopic (exact) mass is 270 g/mol. The van der Waals surface area contributed by atoms with Crippen LogP contribution in [0.3, 0.4) is 0 Å². The van der Waals surface area contributed by atoms with Crippen LogP contribution in [0.25, 0.3) is 11.1 Å². The third-order valence-corrected chi connectivity index (χ3v) is 2.82. The maximum Gasteiger partial charge on any atom is 0.225 e. The first-order valence-electron chi connectivity index (χ1n) is 6.14. The highest BCUT2D eigenvalue weighted by atomic mass is 16.5. The molecule has 102 valence electrons. The van der Waals surface area contributed by atoms with Crippen LogP contribution in [0.5, 0.6) is 0 Å². The van der Waals surface area contributed by atoms with E-state index in [1.54, 1.807) is 6.20 Å². The molecule has 0 aliphatic heterocycles. The van der Waals surface area contributed by atoms with E-state index < -0.39 is 0 Å². The Hall–Kier alpha value is -2.83. The van der Waals surface area contributed by atoms with Gasteiger partial charge in [-0.2, -0.15) is 4.98 Å². The SMILES string of the molecule is Cc1cc(CNc2ncc(-c3cc[nH]c3)c(N)n2)on1. The number of anilines is 2. The van der Waals surface area contributed by atoms with Gasteiger partial charge >= 0.3 is 0 Å². The van der Waals surface area contributed by atoms with Crippen molar-refractivity contribution in [2.45, 2.75) is 13.5 Å². The molecule has 0 radical (unpaired) electrons. The number of rotatable bonds is 4. The van der Waals surface area contributed by atoms with Crippen LogP contribution in [-0.2, 0) is 6.54 Å². The number of H-pyrrole nitrogens is 1. The van der Waals surface area contributed by atoms with Gasteiger partial charge in [-0.1, -0.05) is 5.16 Å². The van der Waals surface area contributed by atoms with Crippen molar-refractivity contribution in [1.82, 2.24) is 20.1 Å². The zero-order valence-corrected chi connectivity index (χ0v) is 10.9. The molecule has 0 bridgehead atoms. The predicted octanol–water partition coefficient (Wildman–Crippen LogP) is 1.96. The van der Waals surface area contributed by atoms with Gasteiger partial charge in [0.05, 0.1) is 12.2 Å². The first-order chi connectivity index (χ1) is 9.72. The van der Waals surface area contributed by atoms with Crippen LogP contribution >= 0.6 is 0 Å². The number of nitrogens with two attached hydrogens (primary N) is 1. The van der Waals surface area contributed by atoms with E-state index in [1.165, 1.54) is 0 Å². The topological polar surface area (TPSA) is 106 Å². The summed E-state index contributed by atoms with van der Waals surface area (Å²) < 4.78 is 5.10. The van der Waals surface area contributed by atoms with Crippen LogP contribution in [0.2, 0.25) is 0 Å². The lowest BCUT2D eigenvalue weighted by Crippen LogP contribution is -2.05. The molecule has 3 heterocycles. The van der Waals surface area contributed by atoms with E-state index >= 15 is 0 Å². The van der Waals surface area contributed by atoms with Crippen molar-refractivity contribution in [3.05, 3.63) is 42.2 Å². The van der Waals surface area contributed by atoms with Crippen molar-refractivity contribution < 1.29 is 4.52 Å². The summed E-state index contributed by atoms with van der Waals surface area (Å²) in [5, 5.41) is 6.85. The summed E-state index contributed by atoms with van der Waals surface area (Å²) in [4.78, 5) is 11.4. The molecule has 3 rings (SSSR count). The van der Waals surface area contributed by atoms with E-state index in [1.807, 2.05) is 31.5 Å². The first kappa shape index (κ1) is 12.2. The fourth-order valence-electron chi connectivity index (χ4n) is 1.86. The number of aryl methyl sites for hydroxylation is 1. The van der Waals surface area contributed by atoms with Crippen molar-refractivity contribution in [2.75, 3.05) is 11.1 Å². The minimum atomic E-state index is 0.427. The lowest BCUT2D eigenvalue weighted by molar-refractivity contribution is 0.384. The molecule has 7 heteroatoms. The Morgan fingerprint density at radius 1 is 1.45 bits per heavy atom. The first-order valence-corrected chi connectivity index (χ1v) is 6.14. The molecule has 3 aromatic rings. The van der Waals surface area contributed by atoms with Gasteiger partial charge in [0.1, 0.15) is 5.82 Å². The molecular formula is C13H14N6O. The normalized spacial score (nSPS) is 10.7. The molecule has 7 nitrogen and oxygen atoms in total. The Morgan fingerprint density at radius 2 is 2.35 bits per heavy atom. The third kappa shape index (κ3) is 2.46. The van der Waals surface area contributed by atoms with Gasteiger partial charge in [0.2, 0.25) is 5.95 Å². The Bertz CT molecular complexity index is 703. The van der Waals surface area contributed by atoms with Crippen molar-refractivity contribution in [3.63, 3.8) is 0 Å². The number of hydrogen-bond acceptors (Lipinski definition) is 6. The lowest BCUT2D eigenvalue weighted by Gasteiger charge is -2.06. The molecule has 4 N–H and O–H groups in total. The van der Waals surface area contributed by atoms with Gasteiger partial charge in [-0.05, 0) is 13.0 Å². The highest BCUT2D eigenvalue weighted by Gasteiger charge is 2.07. The van der Waals surface area contributed by atoms with E-state index in [9.17, 15) is 0 Å². The zero-order valence-electron chi connectivity index (χ0n) is 10.9. The quantitative estimate of drug-likeness (QED) is 0.669. The molecule has 0 spiro atoms. The van der Waals surface area contributed by atoms with Gasteiger partial charge in [-0.15, -0.1) is 0 Å². The maximum atomic E-state index is 5.94. The smallest absolute Gasteiger partial charge is 0.225 e. The zero-order chi connectivity index (χ0) is 13.9.